The van der Waals surface area contributed by atoms with Crippen LogP contribution in [-0.2, 0) is 0 Å². The first-order valence-corrected chi connectivity index (χ1v) is 7.87. The third-order valence-corrected chi connectivity index (χ3v) is 4.48. The van der Waals surface area contributed by atoms with Gasteiger partial charge in [-0.15, -0.1) is 0 Å². The van der Waals surface area contributed by atoms with E-state index < -0.39 is 0 Å². The van der Waals surface area contributed by atoms with Crippen LogP contribution in [0.15, 0.2) is 28.7 Å². The summed E-state index contributed by atoms with van der Waals surface area (Å²) in [5, 5.41) is 0. The highest BCUT2D eigenvalue weighted by Crippen LogP contribution is 2.22. The quantitative estimate of drug-likeness (QED) is 0.903. The molecule has 1 heterocycles. The summed E-state index contributed by atoms with van der Waals surface area (Å²) in [5.74, 6) is 0.808. The van der Waals surface area contributed by atoms with E-state index >= 15 is 0 Å². The number of likely N-dealkylation sites (tertiary alicyclic amines) is 1. The number of benzene rings is 1. The maximum atomic E-state index is 5.61. The zero-order valence-corrected chi connectivity index (χ0v) is 13.3. The van der Waals surface area contributed by atoms with Gasteiger partial charge in [-0.2, -0.15) is 0 Å². The molecule has 3 nitrogen and oxygen atoms in total. The standard InChI is InChI=1S/C15H24BrN3/c1-18(15-4-2-14(16)3-5-15)12-13-6-9-19(10-7-13)11-8-17/h2-5,13H,6-12,17H2,1H3. The third kappa shape index (κ3) is 4.48. The summed E-state index contributed by atoms with van der Waals surface area (Å²) in [7, 11) is 2.19. The van der Waals surface area contributed by atoms with Gasteiger partial charge in [-0.05, 0) is 56.1 Å². The second-order valence-electron chi connectivity index (χ2n) is 5.43. The van der Waals surface area contributed by atoms with Gasteiger partial charge in [0.2, 0.25) is 0 Å². The lowest BCUT2D eigenvalue weighted by molar-refractivity contribution is 0.191. The summed E-state index contributed by atoms with van der Waals surface area (Å²) in [5.41, 5.74) is 6.91. The van der Waals surface area contributed by atoms with E-state index in [0.29, 0.717) is 0 Å². The highest BCUT2D eigenvalue weighted by atomic mass is 79.9. The van der Waals surface area contributed by atoms with Gasteiger partial charge in [0.1, 0.15) is 0 Å². The molecule has 0 aliphatic carbocycles. The fraction of sp³-hybridized carbons (Fsp3) is 0.600. The first-order valence-electron chi connectivity index (χ1n) is 7.08. The fourth-order valence-corrected chi connectivity index (χ4v) is 3.03. The molecule has 1 aliphatic heterocycles. The van der Waals surface area contributed by atoms with E-state index in [2.05, 4.69) is 57.0 Å². The van der Waals surface area contributed by atoms with Gasteiger partial charge >= 0.3 is 0 Å². The number of hydrogen-bond acceptors (Lipinski definition) is 3. The summed E-state index contributed by atoms with van der Waals surface area (Å²) >= 11 is 3.48. The zero-order chi connectivity index (χ0) is 13.7. The second kappa shape index (κ2) is 7.27. The number of nitrogens with zero attached hydrogens (tertiary/aromatic N) is 2. The van der Waals surface area contributed by atoms with E-state index in [0.717, 1.165) is 30.0 Å². The lowest BCUT2D eigenvalue weighted by atomic mass is 9.96. The van der Waals surface area contributed by atoms with E-state index in [1.807, 2.05) is 0 Å². The van der Waals surface area contributed by atoms with Crippen LogP contribution in [0.2, 0.25) is 0 Å². The van der Waals surface area contributed by atoms with E-state index in [9.17, 15) is 0 Å². The van der Waals surface area contributed by atoms with Crippen LogP contribution >= 0.6 is 15.9 Å². The van der Waals surface area contributed by atoms with Crippen LogP contribution in [0.3, 0.4) is 0 Å². The Labute approximate surface area is 124 Å². The van der Waals surface area contributed by atoms with Gasteiger partial charge in [-0.25, -0.2) is 0 Å². The van der Waals surface area contributed by atoms with Gasteiger partial charge in [0.25, 0.3) is 0 Å². The van der Waals surface area contributed by atoms with Crippen molar-refractivity contribution in [2.45, 2.75) is 12.8 Å². The van der Waals surface area contributed by atoms with Crippen molar-refractivity contribution in [2.24, 2.45) is 11.7 Å². The molecule has 0 radical (unpaired) electrons. The molecule has 0 saturated carbocycles. The van der Waals surface area contributed by atoms with E-state index in [1.54, 1.807) is 0 Å². The minimum Gasteiger partial charge on any atom is -0.374 e. The number of hydrogen-bond donors (Lipinski definition) is 1. The Balaban J connectivity index is 1.80. The maximum absolute atomic E-state index is 5.61. The van der Waals surface area contributed by atoms with Crippen molar-refractivity contribution in [3.63, 3.8) is 0 Å². The lowest BCUT2D eigenvalue weighted by Gasteiger charge is -2.34. The Morgan fingerprint density at radius 3 is 2.47 bits per heavy atom. The van der Waals surface area contributed by atoms with E-state index in [1.165, 1.54) is 31.6 Å². The van der Waals surface area contributed by atoms with Crippen LogP contribution in [0, 0.1) is 5.92 Å². The van der Waals surface area contributed by atoms with Crippen molar-refractivity contribution < 1.29 is 0 Å². The summed E-state index contributed by atoms with van der Waals surface area (Å²) < 4.78 is 1.14. The second-order valence-corrected chi connectivity index (χ2v) is 6.35. The molecule has 0 amide bonds. The maximum Gasteiger partial charge on any atom is 0.0364 e. The third-order valence-electron chi connectivity index (χ3n) is 3.95. The molecule has 0 atom stereocenters. The van der Waals surface area contributed by atoms with Gasteiger partial charge in [-0.3, -0.25) is 0 Å². The van der Waals surface area contributed by atoms with Crippen LogP contribution in [0.5, 0.6) is 0 Å². The smallest absolute Gasteiger partial charge is 0.0364 e. The SMILES string of the molecule is CN(CC1CCN(CCN)CC1)c1ccc(Br)cc1. The Morgan fingerprint density at radius 1 is 1.26 bits per heavy atom. The van der Waals surface area contributed by atoms with Crippen LogP contribution in [0.25, 0.3) is 0 Å². The minimum atomic E-state index is 0.781. The first kappa shape index (κ1) is 14.8. The summed E-state index contributed by atoms with van der Waals surface area (Å²) in [4.78, 5) is 4.85. The minimum absolute atomic E-state index is 0.781. The van der Waals surface area contributed by atoms with Crippen molar-refractivity contribution in [3.8, 4) is 0 Å². The van der Waals surface area contributed by atoms with Crippen LogP contribution in [0.4, 0.5) is 5.69 Å². The highest BCUT2D eigenvalue weighted by molar-refractivity contribution is 9.10. The van der Waals surface area contributed by atoms with Crippen molar-refractivity contribution in [1.29, 1.82) is 0 Å². The first-order chi connectivity index (χ1) is 9.19. The molecule has 106 valence electrons. The Bertz CT molecular complexity index is 371. The average Bonchev–Trinajstić information content (AvgIpc) is 2.42. The van der Waals surface area contributed by atoms with Gasteiger partial charge in [-0.1, -0.05) is 15.9 Å². The molecule has 1 aliphatic rings. The molecule has 2 N–H and O–H groups in total. The normalized spacial score (nSPS) is 17.6. The summed E-state index contributed by atoms with van der Waals surface area (Å²) in [6, 6.07) is 8.56. The molecular weight excluding hydrogens is 302 g/mol. The Hall–Kier alpha value is -0.580. The highest BCUT2D eigenvalue weighted by Gasteiger charge is 2.19. The van der Waals surface area contributed by atoms with Crippen molar-refractivity contribution in [1.82, 2.24) is 4.90 Å². The zero-order valence-electron chi connectivity index (χ0n) is 11.7. The summed E-state index contributed by atoms with van der Waals surface area (Å²) in [6.45, 7) is 5.39. The molecule has 1 saturated heterocycles. The number of rotatable bonds is 5. The molecule has 0 unspecified atom stereocenters. The molecule has 0 spiro atoms. The molecular formula is C15H24BrN3. The number of halogens is 1. The molecule has 1 aromatic carbocycles. The van der Waals surface area contributed by atoms with Gasteiger partial charge in [0.05, 0.1) is 0 Å². The lowest BCUT2D eigenvalue weighted by Crippen LogP contribution is -2.39. The number of anilines is 1. The van der Waals surface area contributed by atoms with Crippen molar-refractivity contribution >= 4 is 21.6 Å². The van der Waals surface area contributed by atoms with Crippen molar-refractivity contribution in [2.75, 3.05) is 44.7 Å². The average molecular weight is 326 g/mol. The molecule has 2 rings (SSSR count). The van der Waals surface area contributed by atoms with E-state index in [-0.39, 0.29) is 0 Å². The molecule has 0 aromatic heterocycles. The van der Waals surface area contributed by atoms with Crippen LogP contribution in [-0.4, -0.2) is 44.7 Å². The predicted octanol–water partition coefficient (Wildman–Crippen LogP) is 2.56. The van der Waals surface area contributed by atoms with E-state index in [4.69, 9.17) is 5.73 Å². The molecule has 0 bridgehead atoms. The van der Waals surface area contributed by atoms with Crippen LogP contribution in [0.1, 0.15) is 12.8 Å². The molecule has 1 aromatic rings. The molecule has 4 heteroatoms. The van der Waals surface area contributed by atoms with Crippen molar-refractivity contribution in [3.05, 3.63) is 28.7 Å². The molecule has 1 fully saturated rings. The Kier molecular flexibility index (Phi) is 5.67. The van der Waals surface area contributed by atoms with Gasteiger partial charge in [0.15, 0.2) is 0 Å². The number of piperidine rings is 1. The summed E-state index contributed by atoms with van der Waals surface area (Å²) in [6.07, 6.45) is 2.59. The predicted molar refractivity (Wildman–Crippen MR) is 85.6 cm³/mol. The largest absolute Gasteiger partial charge is 0.374 e. The van der Waals surface area contributed by atoms with Gasteiger partial charge < -0.3 is 15.5 Å². The Morgan fingerprint density at radius 2 is 1.89 bits per heavy atom. The van der Waals surface area contributed by atoms with Crippen LogP contribution < -0.4 is 10.6 Å². The topological polar surface area (TPSA) is 32.5 Å². The van der Waals surface area contributed by atoms with Gasteiger partial charge in [0, 0.05) is 36.8 Å². The monoisotopic (exact) mass is 325 g/mol. The molecule has 19 heavy (non-hydrogen) atoms. The fourth-order valence-electron chi connectivity index (χ4n) is 2.76. The number of nitrogens with two attached hydrogens (primary N) is 1.